The quantitative estimate of drug-likeness (QED) is 0.227. The number of nitrogens with two attached hydrogens (primary N) is 1. The number of phenols is 1. The largest absolute Gasteiger partial charge is 0.504 e. The maximum Gasteiger partial charge on any atom is 0.262 e. The number of ether oxygens (including phenoxy) is 1. The smallest absolute Gasteiger partial charge is 0.262 e. The molecule has 1 aliphatic heterocycles. The number of rotatable bonds is 6. The lowest BCUT2D eigenvalue weighted by atomic mass is 9.95. The van der Waals surface area contributed by atoms with Gasteiger partial charge in [-0.25, -0.2) is 19.6 Å². The summed E-state index contributed by atoms with van der Waals surface area (Å²) >= 11 is 0. The topological polar surface area (TPSA) is 147 Å². The molecule has 1 saturated carbocycles. The van der Waals surface area contributed by atoms with Crippen LogP contribution in [0.4, 0.5) is 5.82 Å². The van der Waals surface area contributed by atoms with Crippen molar-refractivity contribution in [2.75, 3.05) is 5.73 Å². The Balaban J connectivity index is 1.28. The fourth-order valence-corrected chi connectivity index (χ4v) is 7.43. The minimum absolute atomic E-state index is 0.0726. The Hall–Kier alpha value is -6.10. The zero-order valence-corrected chi connectivity index (χ0v) is 27.0. The van der Waals surface area contributed by atoms with Gasteiger partial charge in [0.1, 0.15) is 35.8 Å². The number of hydrogen-bond donors (Lipinski definition) is 2. The first kappa shape index (κ1) is 29.1. The molecule has 49 heavy (non-hydrogen) atoms. The van der Waals surface area contributed by atoms with Crippen LogP contribution in [0.1, 0.15) is 43.6 Å². The molecule has 3 N–H and O–H groups in total. The molecule has 7 aromatic rings. The van der Waals surface area contributed by atoms with Crippen LogP contribution in [0.5, 0.6) is 11.5 Å². The molecule has 3 aromatic carbocycles. The van der Waals surface area contributed by atoms with Crippen molar-refractivity contribution in [1.82, 2.24) is 34.3 Å². The summed E-state index contributed by atoms with van der Waals surface area (Å²) in [6.45, 7) is 4.11. The predicted molar refractivity (Wildman–Crippen MR) is 186 cm³/mol. The first-order valence-corrected chi connectivity index (χ1v) is 16.3. The Morgan fingerprint density at radius 2 is 1.71 bits per heavy atom. The van der Waals surface area contributed by atoms with E-state index < -0.39 is 11.1 Å². The summed E-state index contributed by atoms with van der Waals surface area (Å²) in [4.78, 5) is 33.3. The molecule has 11 heteroatoms. The number of phenolic OH excluding ortho intramolecular Hbond substituents is 1. The third kappa shape index (κ3) is 4.49. The average Bonchev–Trinajstić information content (AvgIpc) is 3.71. The number of fused-ring (bicyclic) bond motifs is 3. The molecule has 9 rings (SSSR count). The van der Waals surface area contributed by atoms with Crippen molar-refractivity contribution in [2.45, 2.75) is 50.8 Å². The molecule has 1 fully saturated rings. The van der Waals surface area contributed by atoms with Gasteiger partial charge in [0.2, 0.25) is 0 Å². The first-order chi connectivity index (χ1) is 23.7. The van der Waals surface area contributed by atoms with Gasteiger partial charge in [-0.3, -0.25) is 14.3 Å². The fourth-order valence-electron chi connectivity index (χ4n) is 7.43. The van der Waals surface area contributed by atoms with E-state index >= 15 is 0 Å². The highest BCUT2D eigenvalue weighted by atomic mass is 16.5. The minimum Gasteiger partial charge on any atom is -0.504 e. The summed E-state index contributed by atoms with van der Waals surface area (Å²) in [6, 6.07) is 23.2. The van der Waals surface area contributed by atoms with Gasteiger partial charge < -0.3 is 15.6 Å². The summed E-state index contributed by atoms with van der Waals surface area (Å²) in [6.07, 6.45) is 7.03. The molecule has 0 amide bonds. The van der Waals surface area contributed by atoms with Crippen LogP contribution < -0.4 is 16.0 Å². The number of benzene rings is 3. The van der Waals surface area contributed by atoms with Crippen molar-refractivity contribution >= 4 is 27.8 Å². The molecule has 0 spiro atoms. The van der Waals surface area contributed by atoms with Gasteiger partial charge in [-0.2, -0.15) is 5.10 Å². The van der Waals surface area contributed by atoms with E-state index in [0.29, 0.717) is 45.6 Å². The van der Waals surface area contributed by atoms with E-state index in [0.717, 1.165) is 40.7 Å². The maximum atomic E-state index is 15.0. The molecule has 0 unspecified atom stereocenters. The number of aromatic hydroxyl groups is 1. The molecule has 5 heterocycles. The third-order valence-electron chi connectivity index (χ3n) is 9.75. The molecule has 0 radical (unpaired) electrons. The van der Waals surface area contributed by atoms with E-state index in [1.165, 1.54) is 6.33 Å². The highest BCUT2D eigenvalue weighted by Gasteiger charge is 2.48. The normalized spacial score (nSPS) is 15.7. The van der Waals surface area contributed by atoms with Crippen LogP contribution in [-0.4, -0.2) is 45.0 Å². The number of nitrogen functional groups attached to an aromatic ring is 1. The number of aromatic nitrogens is 7. The monoisotopic (exact) mass is 648 g/mol. The van der Waals surface area contributed by atoms with E-state index in [9.17, 15) is 9.90 Å². The molecule has 0 saturated heterocycles. The van der Waals surface area contributed by atoms with Crippen LogP contribution in [0, 0.1) is 0 Å². The van der Waals surface area contributed by atoms with Crippen molar-refractivity contribution in [1.29, 1.82) is 0 Å². The minimum atomic E-state index is -0.555. The summed E-state index contributed by atoms with van der Waals surface area (Å²) in [7, 11) is 0. The Labute approximate surface area is 280 Å². The van der Waals surface area contributed by atoms with Crippen LogP contribution in [-0.2, 0) is 18.5 Å². The van der Waals surface area contributed by atoms with Gasteiger partial charge in [0.25, 0.3) is 5.56 Å². The molecule has 2 aliphatic rings. The van der Waals surface area contributed by atoms with Crippen LogP contribution in [0.25, 0.3) is 44.3 Å². The van der Waals surface area contributed by atoms with Gasteiger partial charge in [-0.15, -0.1) is 0 Å². The van der Waals surface area contributed by atoms with E-state index in [2.05, 4.69) is 27.1 Å². The van der Waals surface area contributed by atoms with Crippen molar-refractivity contribution in [3.05, 3.63) is 119 Å². The molecule has 1 aliphatic carbocycles. The lowest BCUT2D eigenvalue weighted by Gasteiger charge is -2.24. The van der Waals surface area contributed by atoms with Gasteiger partial charge in [0.15, 0.2) is 17.1 Å². The summed E-state index contributed by atoms with van der Waals surface area (Å²) in [5, 5.41) is 16.9. The van der Waals surface area contributed by atoms with Gasteiger partial charge in [-0.05, 0) is 73.7 Å². The van der Waals surface area contributed by atoms with E-state index in [-0.39, 0.29) is 23.7 Å². The highest BCUT2D eigenvalue weighted by Crippen LogP contribution is 2.50. The fraction of sp³-hybridized carbons (Fsp3) is 0.211. The van der Waals surface area contributed by atoms with Crippen LogP contribution in [0.15, 0.2) is 96.3 Å². The van der Waals surface area contributed by atoms with Crippen LogP contribution in [0.3, 0.4) is 0 Å². The standard InChI is InChI=1S/C38H32N8O3/c1-37(2)19-26-25(11-12-28(47)33(26)49-37)32-31-34(39)41-21-42-35(31)45(44-32)20-29-43-27-10-6-9-24(22-13-17-40-18-14-22)30(27)36(48)46(29)38(15-16-38)23-7-4-3-5-8-23/h3-14,17-18,21,47H,15-16,19-20H2,1-2H3,(H2,39,41,42). The van der Waals surface area contributed by atoms with Crippen molar-refractivity contribution < 1.29 is 9.84 Å². The SMILES string of the molecule is CC1(C)Cc2c(-c3nn(Cc4nc5cccc(-c6ccncc6)c5c(=O)n4C4(c5ccccc5)CC4)c4ncnc(N)c34)ccc(O)c2O1. The Morgan fingerprint density at radius 1 is 0.918 bits per heavy atom. The van der Waals surface area contributed by atoms with E-state index in [4.69, 9.17) is 20.6 Å². The lowest BCUT2D eigenvalue weighted by Crippen LogP contribution is -2.36. The van der Waals surface area contributed by atoms with Crippen LogP contribution >= 0.6 is 0 Å². The summed E-state index contributed by atoms with van der Waals surface area (Å²) < 4.78 is 9.76. The molecule has 0 bridgehead atoms. The highest BCUT2D eigenvalue weighted by molar-refractivity contribution is 5.99. The van der Waals surface area contributed by atoms with Gasteiger partial charge in [0.05, 0.1) is 21.8 Å². The van der Waals surface area contributed by atoms with E-state index in [1.54, 1.807) is 23.1 Å². The third-order valence-corrected chi connectivity index (χ3v) is 9.75. The number of hydrogen-bond acceptors (Lipinski definition) is 9. The zero-order chi connectivity index (χ0) is 33.5. The first-order valence-electron chi connectivity index (χ1n) is 16.3. The second kappa shape index (κ2) is 10.4. The average molecular weight is 649 g/mol. The Kier molecular flexibility index (Phi) is 6.20. The van der Waals surface area contributed by atoms with E-state index in [1.807, 2.05) is 73.0 Å². The molecule has 11 nitrogen and oxygen atoms in total. The number of pyridine rings is 1. The lowest BCUT2D eigenvalue weighted by molar-refractivity contribution is 0.134. The van der Waals surface area contributed by atoms with Crippen molar-refractivity contribution in [3.8, 4) is 33.9 Å². The number of anilines is 1. The maximum absolute atomic E-state index is 15.0. The Bertz CT molecular complexity index is 2500. The molecular formula is C38H32N8O3. The Morgan fingerprint density at radius 3 is 2.49 bits per heavy atom. The van der Waals surface area contributed by atoms with Gasteiger partial charge >= 0.3 is 0 Å². The molecule has 0 atom stereocenters. The van der Waals surface area contributed by atoms with Crippen molar-refractivity contribution in [2.24, 2.45) is 0 Å². The summed E-state index contributed by atoms with van der Waals surface area (Å²) in [5.74, 6) is 1.34. The second-order valence-corrected chi connectivity index (χ2v) is 13.4. The molecule has 4 aromatic heterocycles. The second-order valence-electron chi connectivity index (χ2n) is 13.4. The van der Waals surface area contributed by atoms with Crippen LogP contribution in [0.2, 0.25) is 0 Å². The number of nitrogens with zero attached hydrogens (tertiary/aromatic N) is 7. The molecular weight excluding hydrogens is 616 g/mol. The summed E-state index contributed by atoms with van der Waals surface area (Å²) in [5.41, 5.74) is 11.4. The van der Waals surface area contributed by atoms with Crippen molar-refractivity contribution in [3.63, 3.8) is 0 Å². The zero-order valence-electron chi connectivity index (χ0n) is 27.0. The van der Waals surface area contributed by atoms with Gasteiger partial charge in [0, 0.05) is 29.9 Å². The predicted octanol–water partition coefficient (Wildman–Crippen LogP) is 5.85. The molecule has 242 valence electrons. The van der Waals surface area contributed by atoms with Gasteiger partial charge in [-0.1, -0.05) is 42.5 Å².